The van der Waals surface area contributed by atoms with Crippen LogP contribution in [0.3, 0.4) is 0 Å². The van der Waals surface area contributed by atoms with E-state index in [2.05, 4.69) is 5.32 Å². The fraction of sp³-hybridized carbons (Fsp3) is 0.263. The number of hydrogen-bond donors (Lipinski definition) is 1. The summed E-state index contributed by atoms with van der Waals surface area (Å²) in [5, 5.41) is 14.0. The Morgan fingerprint density at radius 1 is 1.17 bits per heavy atom. The molecule has 1 unspecified atom stereocenters. The van der Waals surface area contributed by atoms with Gasteiger partial charge in [-0.15, -0.1) is 11.8 Å². The number of hydrogen-bond acceptors (Lipinski definition) is 7. The van der Waals surface area contributed by atoms with Crippen LogP contribution in [-0.2, 0) is 4.79 Å². The van der Waals surface area contributed by atoms with Gasteiger partial charge in [-0.2, -0.15) is 0 Å². The van der Waals surface area contributed by atoms with Crippen LogP contribution in [0.25, 0.3) is 0 Å². The van der Waals surface area contributed by atoms with Crippen molar-refractivity contribution in [2.45, 2.75) is 6.04 Å². The van der Waals surface area contributed by atoms with Crippen molar-refractivity contribution >= 4 is 35.0 Å². The molecule has 1 heterocycles. The molecule has 152 valence electrons. The predicted octanol–water partition coefficient (Wildman–Crippen LogP) is 2.77. The molecule has 29 heavy (non-hydrogen) atoms. The van der Waals surface area contributed by atoms with Gasteiger partial charge in [-0.3, -0.25) is 19.7 Å². The fourth-order valence-electron chi connectivity index (χ4n) is 2.89. The van der Waals surface area contributed by atoms with Crippen LogP contribution in [-0.4, -0.2) is 53.5 Å². The Balaban J connectivity index is 1.77. The zero-order valence-electron chi connectivity index (χ0n) is 15.8. The molecular formula is C19H19N3O6S. The Bertz CT molecular complexity index is 934. The summed E-state index contributed by atoms with van der Waals surface area (Å²) in [6, 6.07) is 10.2. The van der Waals surface area contributed by atoms with E-state index in [-0.39, 0.29) is 22.9 Å². The normalized spacial score (nSPS) is 15.7. The van der Waals surface area contributed by atoms with Gasteiger partial charge < -0.3 is 19.7 Å². The van der Waals surface area contributed by atoms with E-state index < -0.39 is 16.9 Å². The molecule has 2 amide bonds. The summed E-state index contributed by atoms with van der Waals surface area (Å²) in [4.78, 5) is 37.7. The number of carbonyl (C=O) groups is 2. The molecule has 0 saturated carbocycles. The molecule has 1 saturated heterocycles. The van der Waals surface area contributed by atoms with E-state index >= 15 is 0 Å². The molecule has 0 spiro atoms. The van der Waals surface area contributed by atoms with Crippen molar-refractivity contribution < 1.29 is 24.0 Å². The number of carbonyl (C=O) groups excluding carboxylic acids is 2. The second-order valence-electron chi connectivity index (χ2n) is 6.15. The van der Waals surface area contributed by atoms with Gasteiger partial charge >= 0.3 is 5.69 Å². The van der Waals surface area contributed by atoms with Gasteiger partial charge in [-0.1, -0.05) is 0 Å². The number of anilines is 1. The topological polar surface area (TPSA) is 111 Å². The molecule has 1 aliphatic heterocycles. The first-order chi connectivity index (χ1) is 13.9. The second kappa shape index (κ2) is 8.82. The second-order valence-corrected chi connectivity index (χ2v) is 7.15. The number of nitrogens with one attached hydrogen (secondary N) is 1. The van der Waals surface area contributed by atoms with Crippen LogP contribution in [0.15, 0.2) is 42.5 Å². The molecule has 0 radical (unpaired) electrons. The van der Waals surface area contributed by atoms with Crippen LogP contribution in [0.1, 0.15) is 10.4 Å². The lowest BCUT2D eigenvalue weighted by molar-refractivity contribution is -0.385. The molecule has 2 aromatic carbocycles. The summed E-state index contributed by atoms with van der Waals surface area (Å²) in [5.74, 6) is 0.714. The average Bonchev–Trinajstić information content (AvgIpc) is 3.23. The van der Waals surface area contributed by atoms with E-state index in [1.54, 1.807) is 31.4 Å². The third kappa shape index (κ3) is 4.43. The quantitative estimate of drug-likeness (QED) is 0.568. The van der Waals surface area contributed by atoms with E-state index in [1.807, 2.05) is 0 Å². The lowest BCUT2D eigenvalue weighted by atomic mass is 10.1. The van der Waals surface area contributed by atoms with Crippen molar-refractivity contribution in [3.8, 4) is 11.5 Å². The Hall–Kier alpha value is -3.27. The molecular weight excluding hydrogens is 398 g/mol. The van der Waals surface area contributed by atoms with E-state index in [1.165, 1.54) is 42.0 Å². The Morgan fingerprint density at radius 2 is 1.90 bits per heavy atom. The highest BCUT2D eigenvalue weighted by molar-refractivity contribution is 7.99. The zero-order valence-corrected chi connectivity index (χ0v) is 16.6. The molecule has 0 aliphatic carbocycles. The third-order valence-corrected chi connectivity index (χ3v) is 5.44. The first kappa shape index (κ1) is 20.5. The maximum Gasteiger partial charge on any atom is 0.311 e. The first-order valence-corrected chi connectivity index (χ1v) is 9.76. The minimum atomic E-state index is -0.684. The third-order valence-electron chi connectivity index (χ3n) is 4.43. The highest BCUT2D eigenvalue weighted by Gasteiger charge is 2.36. The van der Waals surface area contributed by atoms with Gasteiger partial charge in [0, 0.05) is 23.1 Å². The van der Waals surface area contributed by atoms with Crippen LogP contribution in [0.5, 0.6) is 11.5 Å². The molecule has 1 fully saturated rings. The molecule has 0 bridgehead atoms. The summed E-state index contributed by atoms with van der Waals surface area (Å²) >= 11 is 1.44. The van der Waals surface area contributed by atoms with Crippen molar-refractivity contribution in [1.82, 2.24) is 4.90 Å². The van der Waals surface area contributed by atoms with Gasteiger partial charge in [0.25, 0.3) is 5.91 Å². The predicted molar refractivity (Wildman–Crippen MR) is 109 cm³/mol. The molecule has 10 heteroatoms. The fourth-order valence-corrected chi connectivity index (χ4v) is 4.05. The van der Waals surface area contributed by atoms with Crippen molar-refractivity contribution in [3.05, 3.63) is 58.1 Å². The van der Waals surface area contributed by atoms with Gasteiger partial charge in [0.15, 0.2) is 5.75 Å². The minimum absolute atomic E-state index is 0.0659. The first-order valence-electron chi connectivity index (χ1n) is 8.60. The largest absolute Gasteiger partial charge is 0.497 e. The Labute approximate surface area is 171 Å². The maximum absolute atomic E-state index is 12.9. The molecule has 1 atom stereocenters. The lowest BCUT2D eigenvalue weighted by Gasteiger charge is -2.23. The molecule has 3 rings (SSSR count). The summed E-state index contributed by atoms with van der Waals surface area (Å²) in [5.41, 5.74) is 0.409. The van der Waals surface area contributed by atoms with Crippen LogP contribution in [0.4, 0.5) is 11.4 Å². The molecule has 1 aliphatic rings. The molecule has 1 N–H and O–H groups in total. The van der Waals surface area contributed by atoms with Gasteiger partial charge in [-0.05, 0) is 36.4 Å². The Morgan fingerprint density at radius 3 is 2.52 bits per heavy atom. The molecule has 2 aromatic rings. The van der Waals surface area contributed by atoms with Gasteiger partial charge in [0.05, 0.1) is 25.0 Å². The number of nitrogens with zero attached hydrogens (tertiary/aromatic N) is 2. The van der Waals surface area contributed by atoms with Crippen LogP contribution in [0, 0.1) is 10.1 Å². The van der Waals surface area contributed by atoms with Crippen molar-refractivity contribution in [2.24, 2.45) is 0 Å². The average molecular weight is 417 g/mol. The van der Waals surface area contributed by atoms with E-state index in [0.717, 1.165) is 0 Å². The number of methoxy groups -OCH3 is 2. The number of thioether (sulfide) groups is 1. The number of rotatable bonds is 6. The monoisotopic (exact) mass is 417 g/mol. The van der Waals surface area contributed by atoms with Crippen LogP contribution >= 0.6 is 11.8 Å². The number of amides is 2. The highest BCUT2D eigenvalue weighted by Crippen LogP contribution is 2.30. The number of nitro groups is 1. The van der Waals surface area contributed by atoms with Gasteiger partial charge in [0.1, 0.15) is 11.8 Å². The zero-order chi connectivity index (χ0) is 21.0. The maximum atomic E-state index is 12.9. The standard InChI is InChI=1S/C19H19N3O6S/c1-27-14-6-4-13(5-7-14)20-18(23)16-10-29-11-21(16)19(24)12-3-8-17(28-2)15(9-12)22(25)26/h3-9,16H,10-11H2,1-2H3,(H,20,23). The summed E-state index contributed by atoms with van der Waals surface area (Å²) in [7, 11) is 2.87. The molecule has 9 nitrogen and oxygen atoms in total. The number of ether oxygens (including phenoxy) is 2. The van der Waals surface area contributed by atoms with Crippen molar-refractivity contribution in [1.29, 1.82) is 0 Å². The SMILES string of the molecule is COc1ccc(NC(=O)C2CSCN2C(=O)c2ccc(OC)c([N+](=O)[O-])c2)cc1. The smallest absolute Gasteiger partial charge is 0.311 e. The minimum Gasteiger partial charge on any atom is -0.497 e. The lowest BCUT2D eigenvalue weighted by Crippen LogP contribution is -2.44. The summed E-state index contributed by atoms with van der Waals surface area (Å²) in [6.07, 6.45) is 0. The van der Waals surface area contributed by atoms with E-state index in [9.17, 15) is 19.7 Å². The van der Waals surface area contributed by atoms with Crippen molar-refractivity contribution in [3.63, 3.8) is 0 Å². The van der Waals surface area contributed by atoms with Crippen LogP contribution in [0.2, 0.25) is 0 Å². The number of nitro benzene ring substituents is 1. The number of benzene rings is 2. The van der Waals surface area contributed by atoms with Gasteiger partial charge in [0.2, 0.25) is 5.91 Å². The Kier molecular flexibility index (Phi) is 6.23. The summed E-state index contributed by atoms with van der Waals surface area (Å²) < 4.78 is 10.1. The summed E-state index contributed by atoms with van der Waals surface area (Å²) in [6.45, 7) is 0. The highest BCUT2D eigenvalue weighted by atomic mass is 32.2. The molecule has 0 aromatic heterocycles. The van der Waals surface area contributed by atoms with E-state index in [0.29, 0.717) is 23.1 Å². The van der Waals surface area contributed by atoms with Crippen molar-refractivity contribution in [2.75, 3.05) is 31.2 Å². The van der Waals surface area contributed by atoms with Crippen LogP contribution < -0.4 is 14.8 Å². The van der Waals surface area contributed by atoms with Gasteiger partial charge in [-0.25, -0.2) is 0 Å². The van der Waals surface area contributed by atoms with E-state index in [4.69, 9.17) is 9.47 Å².